The van der Waals surface area contributed by atoms with Crippen molar-refractivity contribution in [2.75, 3.05) is 13.1 Å². The molecule has 0 aliphatic rings. The van der Waals surface area contributed by atoms with Crippen molar-refractivity contribution in [3.63, 3.8) is 0 Å². The van der Waals surface area contributed by atoms with E-state index in [1.165, 1.54) is 0 Å². The van der Waals surface area contributed by atoms with Gasteiger partial charge in [-0.05, 0) is 25.0 Å². The Kier molecular flexibility index (Phi) is 5.34. The van der Waals surface area contributed by atoms with E-state index < -0.39 is 0 Å². The molecule has 0 radical (unpaired) electrons. The number of carbonyl (C=O) groups excluding carboxylic acids is 1. The van der Waals surface area contributed by atoms with Gasteiger partial charge >= 0.3 is 0 Å². The summed E-state index contributed by atoms with van der Waals surface area (Å²) in [6, 6.07) is 3.49. The van der Waals surface area contributed by atoms with Crippen molar-refractivity contribution in [2.24, 2.45) is 11.7 Å². The first kappa shape index (κ1) is 14.7. The average Bonchev–Trinajstić information content (AvgIpc) is 2.69. The van der Waals surface area contributed by atoms with Gasteiger partial charge in [0.2, 0.25) is 0 Å². The van der Waals surface area contributed by atoms with Gasteiger partial charge in [-0.1, -0.05) is 26.1 Å². The van der Waals surface area contributed by atoms with E-state index in [2.05, 4.69) is 13.8 Å². The normalized spacial score (nSPS) is 10.7. The third-order valence-electron chi connectivity index (χ3n) is 2.45. The fraction of sp³-hybridized carbons (Fsp3) is 0.538. The van der Waals surface area contributed by atoms with E-state index in [1.807, 2.05) is 6.92 Å². The zero-order chi connectivity index (χ0) is 13.7. The molecular weight excluding hydrogens is 248 g/mol. The van der Waals surface area contributed by atoms with Crippen LogP contribution >= 0.6 is 12.2 Å². The molecule has 18 heavy (non-hydrogen) atoms. The van der Waals surface area contributed by atoms with Gasteiger partial charge in [0.1, 0.15) is 5.76 Å². The molecule has 0 unspecified atom stereocenters. The molecule has 5 heteroatoms. The van der Waals surface area contributed by atoms with E-state index in [0.29, 0.717) is 36.2 Å². The fourth-order valence-electron chi connectivity index (χ4n) is 1.67. The van der Waals surface area contributed by atoms with Crippen molar-refractivity contribution in [2.45, 2.75) is 27.2 Å². The van der Waals surface area contributed by atoms with Crippen LogP contribution in [0.3, 0.4) is 0 Å². The monoisotopic (exact) mass is 268 g/mol. The quantitative estimate of drug-likeness (QED) is 0.805. The molecule has 0 fully saturated rings. The van der Waals surface area contributed by atoms with Crippen LogP contribution in [0.2, 0.25) is 0 Å². The lowest BCUT2D eigenvalue weighted by Gasteiger charge is -2.23. The molecule has 1 aromatic rings. The number of aryl methyl sites for hydroxylation is 1. The van der Waals surface area contributed by atoms with Crippen LogP contribution in [0.15, 0.2) is 16.5 Å². The van der Waals surface area contributed by atoms with E-state index in [1.54, 1.807) is 17.0 Å². The third-order valence-corrected chi connectivity index (χ3v) is 2.66. The zero-order valence-corrected chi connectivity index (χ0v) is 11.9. The lowest BCUT2D eigenvalue weighted by atomic mass is 10.2. The van der Waals surface area contributed by atoms with E-state index in [0.717, 1.165) is 5.76 Å². The van der Waals surface area contributed by atoms with Crippen molar-refractivity contribution in [1.29, 1.82) is 0 Å². The van der Waals surface area contributed by atoms with Crippen LogP contribution in [0, 0.1) is 12.8 Å². The predicted octanol–water partition coefficient (Wildman–Crippen LogP) is 2.36. The number of nitrogens with two attached hydrogens (primary N) is 1. The molecular formula is C13H20N2O2S. The molecule has 0 aliphatic heterocycles. The molecule has 0 saturated heterocycles. The lowest BCUT2D eigenvalue weighted by Crippen LogP contribution is -2.36. The maximum Gasteiger partial charge on any atom is 0.289 e. The average molecular weight is 268 g/mol. The summed E-state index contributed by atoms with van der Waals surface area (Å²) in [6.45, 7) is 7.15. The first-order valence-electron chi connectivity index (χ1n) is 6.04. The van der Waals surface area contributed by atoms with E-state index in [4.69, 9.17) is 22.4 Å². The molecule has 1 aromatic heterocycles. The van der Waals surface area contributed by atoms with Crippen LogP contribution in [0.5, 0.6) is 0 Å². The maximum absolute atomic E-state index is 12.3. The molecule has 1 rings (SSSR count). The molecule has 100 valence electrons. The predicted molar refractivity (Wildman–Crippen MR) is 75.6 cm³/mol. The smallest absolute Gasteiger partial charge is 0.289 e. The molecule has 1 amide bonds. The second-order valence-electron chi connectivity index (χ2n) is 4.77. The second-order valence-corrected chi connectivity index (χ2v) is 5.30. The SMILES string of the molecule is Cc1ccc(C(=O)N(CCC(N)=S)CC(C)C)o1. The number of thiocarbonyl (C=S) groups is 1. The van der Waals surface area contributed by atoms with Crippen molar-refractivity contribution >= 4 is 23.1 Å². The number of carbonyl (C=O) groups is 1. The summed E-state index contributed by atoms with van der Waals surface area (Å²) in [4.78, 5) is 14.4. The van der Waals surface area contributed by atoms with Crippen molar-refractivity contribution in [3.8, 4) is 0 Å². The number of rotatable bonds is 6. The van der Waals surface area contributed by atoms with E-state index >= 15 is 0 Å². The first-order chi connectivity index (χ1) is 8.40. The molecule has 0 aromatic carbocycles. The van der Waals surface area contributed by atoms with Crippen LogP contribution in [-0.2, 0) is 0 Å². The van der Waals surface area contributed by atoms with Gasteiger partial charge in [-0.3, -0.25) is 4.79 Å². The highest BCUT2D eigenvalue weighted by molar-refractivity contribution is 7.80. The molecule has 1 heterocycles. The summed E-state index contributed by atoms with van der Waals surface area (Å²) in [5, 5.41) is 0. The van der Waals surface area contributed by atoms with Gasteiger partial charge in [-0.2, -0.15) is 0 Å². The molecule has 2 N–H and O–H groups in total. The minimum Gasteiger partial charge on any atom is -0.456 e. The molecule has 0 spiro atoms. The standard InChI is InChI=1S/C13H20N2O2S/c1-9(2)8-15(7-6-12(14)18)13(16)11-5-4-10(3)17-11/h4-5,9H,6-8H2,1-3H3,(H2,14,18). The van der Waals surface area contributed by atoms with E-state index in [9.17, 15) is 4.79 Å². The lowest BCUT2D eigenvalue weighted by molar-refractivity contribution is 0.0707. The Morgan fingerprint density at radius 2 is 2.17 bits per heavy atom. The Morgan fingerprint density at radius 1 is 1.50 bits per heavy atom. The summed E-state index contributed by atoms with van der Waals surface area (Å²) in [5.41, 5.74) is 5.48. The first-order valence-corrected chi connectivity index (χ1v) is 6.45. The highest BCUT2D eigenvalue weighted by atomic mass is 32.1. The zero-order valence-electron chi connectivity index (χ0n) is 11.1. The molecule has 0 aliphatic carbocycles. The maximum atomic E-state index is 12.3. The minimum absolute atomic E-state index is 0.104. The number of hydrogen-bond donors (Lipinski definition) is 1. The molecule has 4 nitrogen and oxygen atoms in total. The Balaban J connectivity index is 2.75. The highest BCUT2D eigenvalue weighted by Crippen LogP contribution is 2.11. The van der Waals surface area contributed by atoms with Crippen LogP contribution in [0.25, 0.3) is 0 Å². The largest absolute Gasteiger partial charge is 0.456 e. The summed E-state index contributed by atoms with van der Waals surface area (Å²) < 4.78 is 5.36. The Labute approximate surface area is 113 Å². The minimum atomic E-state index is -0.104. The number of amides is 1. The van der Waals surface area contributed by atoms with Gasteiger partial charge in [-0.25, -0.2) is 0 Å². The number of nitrogens with zero attached hydrogens (tertiary/aromatic N) is 1. The topological polar surface area (TPSA) is 59.5 Å². The van der Waals surface area contributed by atoms with Gasteiger partial charge in [0.25, 0.3) is 5.91 Å². The number of hydrogen-bond acceptors (Lipinski definition) is 3. The van der Waals surface area contributed by atoms with Crippen LogP contribution < -0.4 is 5.73 Å². The van der Waals surface area contributed by atoms with Crippen molar-refractivity contribution in [1.82, 2.24) is 4.90 Å². The Hall–Kier alpha value is -1.36. The van der Waals surface area contributed by atoms with Gasteiger partial charge in [0.15, 0.2) is 5.76 Å². The van der Waals surface area contributed by atoms with Gasteiger partial charge in [-0.15, -0.1) is 0 Å². The van der Waals surface area contributed by atoms with Crippen molar-refractivity contribution in [3.05, 3.63) is 23.7 Å². The third kappa shape index (κ3) is 4.49. The van der Waals surface area contributed by atoms with Crippen LogP contribution in [0.1, 0.15) is 36.6 Å². The summed E-state index contributed by atoms with van der Waals surface area (Å²) in [5.74, 6) is 1.39. The Bertz CT molecular complexity index is 426. The van der Waals surface area contributed by atoms with Gasteiger partial charge in [0.05, 0.1) is 4.99 Å². The molecule has 0 atom stereocenters. The van der Waals surface area contributed by atoms with E-state index in [-0.39, 0.29) is 5.91 Å². The Morgan fingerprint density at radius 3 is 2.61 bits per heavy atom. The van der Waals surface area contributed by atoms with Crippen LogP contribution in [0.4, 0.5) is 0 Å². The second kappa shape index (κ2) is 6.54. The van der Waals surface area contributed by atoms with Gasteiger partial charge in [0, 0.05) is 19.5 Å². The molecule has 0 saturated carbocycles. The summed E-state index contributed by atoms with van der Waals surface area (Å²) >= 11 is 4.85. The summed E-state index contributed by atoms with van der Waals surface area (Å²) in [6.07, 6.45) is 0.535. The highest BCUT2D eigenvalue weighted by Gasteiger charge is 2.19. The summed E-state index contributed by atoms with van der Waals surface area (Å²) in [7, 11) is 0. The van der Waals surface area contributed by atoms with Crippen LogP contribution in [-0.4, -0.2) is 28.9 Å². The van der Waals surface area contributed by atoms with Gasteiger partial charge < -0.3 is 15.1 Å². The molecule has 0 bridgehead atoms. The van der Waals surface area contributed by atoms with Crippen molar-refractivity contribution < 1.29 is 9.21 Å². The fourth-order valence-corrected chi connectivity index (χ4v) is 1.76. The number of furan rings is 1.